The molecular formula is C12H13ClN4OS. The minimum absolute atomic E-state index is 0.163. The molecule has 5 nitrogen and oxygen atoms in total. The number of nitrogens with two attached hydrogens (primary N) is 1. The third-order valence-corrected chi connectivity index (χ3v) is 3.37. The number of halogens is 1. The minimum Gasteiger partial charge on any atom is -0.327 e. The smallest absolute Gasteiger partial charge is 0.227 e. The number of aromatic nitrogens is 2. The van der Waals surface area contributed by atoms with E-state index in [2.05, 4.69) is 15.5 Å². The van der Waals surface area contributed by atoms with E-state index in [0.29, 0.717) is 15.2 Å². The van der Waals surface area contributed by atoms with Crippen molar-refractivity contribution in [2.45, 2.75) is 19.4 Å². The number of nitrogens with one attached hydrogen (secondary N) is 1. The molecule has 0 spiro atoms. The summed E-state index contributed by atoms with van der Waals surface area (Å²) in [4.78, 5) is 11.5. The topological polar surface area (TPSA) is 80.9 Å². The zero-order valence-electron chi connectivity index (χ0n) is 10.3. The average Bonchev–Trinajstić information content (AvgIpc) is 2.76. The Morgan fingerprint density at radius 1 is 1.53 bits per heavy atom. The Bertz CT molecular complexity index is 585. The van der Waals surface area contributed by atoms with Gasteiger partial charge in [-0.05, 0) is 19.1 Å². The standard InChI is InChI=1S/C12H13ClN4OS/c1-7(14)5-10(18)15-12-17-16-11(19-12)8-3-2-4-9(13)6-8/h2-4,6-7H,5,14H2,1H3,(H,15,17,18). The molecule has 0 aliphatic heterocycles. The van der Waals surface area contributed by atoms with Crippen LogP contribution in [0.15, 0.2) is 24.3 Å². The van der Waals surface area contributed by atoms with Crippen molar-refractivity contribution in [1.82, 2.24) is 10.2 Å². The van der Waals surface area contributed by atoms with Gasteiger partial charge in [0.15, 0.2) is 0 Å². The van der Waals surface area contributed by atoms with Gasteiger partial charge < -0.3 is 11.1 Å². The Balaban J connectivity index is 2.09. The number of anilines is 1. The molecule has 3 N–H and O–H groups in total. The van der Waals surface area contributed by atoms with Crippen molar-refractivity contribution in [3.05, 3.63) is 29.3 Å². The SMILES string of the molecule is CC(N)CC(=O)Nc1nnc(-c2cccc(Cl)c2)s1. The first kappa shape index (κ1) is 13.9. The van der Waals surface area contributed by atoms with Crippen LogP contribution in [0, 0.1) is 0 Å². The maximum absolute atomic E-state index is 11.5. The van der Waals surface area contributed by atoms with Gasteiger partial charge in [-0.1, -0.05) is 35.1 Å². The number of carbonyl (C=O) groups excluding carboxylic acids is 1. The zero-order chi connectivity index (χ0) is 13.8. The first-order valence-electron chi connectivity index (χ1n) is 5.69. The van der Waals surface area contributed by atoms with Crippen LogP contribution in [0.5, 0.6) is 0 Å². The molecule has 0 saturated carbocycles. The molecule has 7 heteroatoms. The van der Waals surface area contributed by atoms with E-state index in [1.165, 1.54) is 11.3 Å². The van der Waals surface area contributed by atoms with Gasteiger partial charge in [-0.3, -0.25) is 4.79 Å². The molecule has 1 unspecified atom stereocenters. The van der Waals surface area contributed by atoms with Crippen LogP contribution in [0.4, 0.5) is 5.13 Å². The predicted octanol–water partition coefficient (Wildman–Crippen LogP) is 2.53. The summed E-state index contributed by atoms with van der Waals surface area (Å²) in [5.41, 5.74) is 6.42. The molecular weight excluding hydrogens is 284 g/mol. The average molecular weight is 297 g/mol. The molecule has 1 aromatic heterocycles. The molecule has 19 heavy (non-hydrogen) atoms. The number of benzene rings is 1. The highest BCUT2D eigenvalue weighted by atomic mass is 35.5. The van der Waals surface area contributed by atoms with Gasteiger partial charge in [0.25, 0.3) is 0 Å². The molecule has 0 aliphatic carbocycles. The lowest BCUT2D eigenvalue weighted by atomic mass is 10.2. The molecule has 1 heterocycles. The van der Waals surface area contributed by atoms with Crippen molar-refractivity contribution in [2.24, 2.45) is 5.73 Å². The van der Waals surface area contributed by atoms with Crippen molar-refractivity contribution in [2.75, 3.05) is 5.32 Å². The van der Waals surface area contributed by atoms with Gasteiger partial charge in [0.05, 0.1) is 0 Å². The summed E-state index contributed by atoms with van der Waals surface area (Å²) in [5.74, 6) is -0.163. The van der Waals surface area contributed by atoms with Crippen molar-refractivity contribution < 1.29 is 4.79 Å². The van der Waals surface area contributed by atoms with Gasteiger partial charge >= 0.3 is 0 Å². The van der Waals surface area contributed by atoms with E-state index in [0.717, 1.165) is 5.56 Å². The highest BCUT2D eigenvalue weighted by molar-refractivity contribution is 7.18. The summed E-state index contributed by atoms with van der Waals surface area (Å²) >= 11 is 7.21. The van der Waals surface area contributed by atoms with E-state index < -0.39 is 0 Å². The van der Waals surface area contributed by atoms with Crippen LogP contribution in [0.3, 0.4) is 0 Å². The third kappa shape index (κ3) is 3.99. The summed E-state index contributed by atoms with van der Waals surface area (Å²) in [6.07, 6.45) is 0.256. The summed E-state index contributed by atoms with van der Waals surface area (Å²) < 4.78 is 0. The molecule has 1 atom stereocenters. The normalized spacial score (nSPS) is 12.2. The summed E-state index contributed by atoms with van der Waals surface area (Å²) in [7, 11) is 0. The fraction of sp³-hybridized carbons (Fsp3) is 0.250. The van der Waals surface area contributed by atoms with E-state index in [4.69, 9.17) is 17.3 Å². The first-order chi connectivity index (χ1) is 9.04. The second-order valence-electron chi connectivity index (χ2n) is 4.15. The van der Waals surface area contributed by atoms with Gasteiger partial charge in [0.1, 0.15) is 5.01 Å². The quantitative estimate of drug-likeness (QED) is 0.908. The number of amides is 1. The van der Waals surface area contributed by atoms with Crippen LogP contribution < -0.4 is 11.1 Å². The van der Waals surface area contributed by atoms with Gasteiger partial charge in [0, 0.05) is 23.0 Å². The highest BCUT2D eigenvalue weighted by Crippen LogP contribution is 2.28. The van der Waals surface area contributed by atoms with Crippen molar-refractivity contribution in [1.29, 1.82) is 0 Å². The monoisotopic (exact) mass is 296 g/mol. The zero-order valence-corrected chi connectivity index (χ0v) is 11.8. The second kappa shape index (κ2) is 6.10. The Morgan fingerprint density at radius 2 is 2.32 bits per heavy atom. The van der Waals surface area contributed by atoms with Crippen molar-refractivity contribution >= 4 is 34.0 Å². The molecule has 100 valence electrons. The van der Waals surface area contributed by atoms with Crippen molar-refractivity contribution in [3.8, 4) is 10.6 Å². The van der Waals surface area contributed by atoms with E-state index in [1.54, 1.807) is 19.1 Å². The maximum atomic E-state index is 11.5. The predicted molar refractivity (Wildman–Crippen MR) is 77.3 cm³/mol. The third-order valence-electron chi connectivity index (χ3n) is 2.25. The number of hydrogen-bond acceptors (Lipinski definition) is 5. The lowest BCUT2D eigenvalue weighted by Crippen LogP contribution is -2.23. The number of nitrogens with zero attached hydrogens (tertiary/aromatic N) is 2. The minimum atomic E-state index is -0.180. The second-order valence-corrected chi connectivity index (χ2v) is 5.57. The molecule has 2 rings (SSSR count). The van der Waals surface area contributed by atoms with E-state index in [1.807, 2.05) is 12.1 Å². The molecule has 0 radical (unpaired) electrons. The Kier molecular flexibility index (Phi) is 4.47. The summed E-state index contributed by atoms with van der Waals surface area (Å²) in [6.45, 7) is 1.77. The molecule has 2 aromatic rings. The van der Waals surface area contributed by atoms with Gasteiger partial charge in [-0.2, -0.15) is 0 Å². The number of carbonyl (C=O) groups is 1. The van der Waals surface area contributed by atoms with E-state index >= 15 is 0 Å². The van der Waals surface area contributed by atoms with Crippen molar-refractivity contribution in [3.63, 3.8) is 0 Å². The number of hydrogen-bond donors (Lipinski definition) is 2. The van der Waals surface area contributed by atoms with Crippen LogP contribution in [0.1, 0.15) is 13.3 Å². The van der Waals surface area contributed by atoms with Crippen LogP contribution in [0.25, 0.3) is 10.6 Å². The molecule has 0 fully saturated rings. The van der Waals surface area contributed by atoms with Gasteiger partial charge in [0.2, 0.25) is 11.0 Å². The maximum Gasteiger partial charge on any atom is 0.227 e. The first-order valence-corrected chi connectivity index (χ1v) is 6.89. The highest BCUT2D eigenvalue weighted by Gasteiger charge is 2.11. The van der Waals surface area contributed by atoms with Gasteiger partial charge in [-0.25, -0.2) is 0 Å². The van der Waals surface area contributed by atoms with Crippen LogP contribution in [-0.4, -0.2) is 22.1 Å². The molecule has 1 amide bonds. The summed E-state index contributed by atoms with van der Waals surface area (Å²) in [6, 6.07) is 7.14. The number of rotatable bonds is 4. The van der Waals surface area contributed by atoms with Crippen LogP contribution >= 0.6 is 22.9 Å². The molecule has 0 saturated heterocycles. The Morgan fingerprint density at radius 3 is 3.00 bits per heavy atom. The largest absolute Gasteiger partial charge is 0.327 e. The Hall–Kier alpha value is -1.50. The lowest BCUT2D eigenvalue weighted by molar-refractivity contribution is -0.116. The van der Waals surface area contributed by atoms with E-state index in [-0.39, 0.29) is 18.4 Å². The molecule has 0 aliphatic rings. The lowest BCUT2D eigenvalue weighted by Gasteiger charge is -2.03. The van der Waals surface area contributed by atoms with Crippen LogP contribution in [-0.2, 0) is 4.79 Å². The molecule has 1 aromatic carbocycles. The van der Waals surface area contributed by atoms with Gasteiger partial charge in [-0.15, -0.1) is 10.2 Å². The summed E-state index contributed by atoms with van der Waals surface area (Å²) in [5, 5.41) is 12.4. The fourth-order valence-corrected chi connectivity index (χ4v) is 2.42. The van der Waals surface area contributed by atoms with Crippen LogP contribution in [0.2, 0.25) is 5.02 Å². The Labute approximate surface area is 119 Å². The van der Waals surface area contributed by atoms with E-state index in [9.17, 15) is 4.79 Å². The fourth-order valence-electron chi connectivity index (χ4n) is 1.47. The molecule has 0 bridgehead atoms.